The van der Waals surface area contributed by atoms with E-state index < -0.39 is 0 Å². The van der Waals surface area contributed by atoms with E-state index in [0.717, 1.165) is 25.0 Å². The lowest BCUT2D eigenvalue weighted by Gasteiger charge is -2.12. The van der Waals surface area contributed by atoms with Crippen molar-refractivity contribution in [2.75, 3.05) is 6.61 Å². The first-order valence-electron chi connectivity index (χ1n) is 8.81. The van der Waals surface area contributed by atoms with E-state index in [1.54, 1.807) is 33.6 Å². The Kier molecular flexibility index (Phi) is 3.91. The lowest BCUT2D eigenvalue weighted by atomic mass is 10.2. The number of halogens is 1. The Hall–Kier alpha value is -2.77. The summed E-state index contributed by atoms with van der Waals surface area (Å²) in [6.07, 6.45) is 5.48. The fourth-order valence-electron chi connectivity index (χ4n) is 3.43. The zero-order valence-electron chi connectivity index (χ0n) is 14.4. The SMILES string of the molecule is O=c1c2cnc3nc(-c4ccc(Cl)cc4)nn3c2ccn1C[C@@H]1CCCO1. The summed E-state index contributed by atoms with van der Waals surface area (Å²) in [6, 6.07) is 9.16. The highest BCUT2D eigenvalue weighted by Crippen LogP contribution is 2.20. The second kappa shape index (κ2) is 6.44. The van der Waals surface area contributed by atoms with Crippen molar-refractivity contribution in [1.29, 1.82) is 0 Å². The molecule has 1 aliphatic heterocycles. The Morgan fingerprint density at radius 3 is 2.85 bits per heavy atom. The third kappa shape index (κ3) is 2.89. The Bertz CT molecular complexity index is 1190. The van der Waals surface area contributed by atoms with Crippen molar-refractivity contribution in [3.05, 3.63) is 58.1 Å². The first kappa shape index (κ1) is 16.4. The van der Waals surface area contributed by atoms with E-state index in [-0.39, 0.29) is 11.7 Å². The van der Waals surface area contributed by atoms with E-state index in [1.165, 1.54) is 0 Å². The fourth-order valence-corrected chi connectivity index (χ4v) is 3.56. The van der Waals surface area contributed by atoms with Crippen molar-refractivity contribution in [1.82, 2.24) is 24.1 Å². The lowest BCUT2D eigenvalue weighted by molar-refractivity contribution is 0.0963. The Morgan fingerprint density at radius 2 is 2.07 bits per heavy atom. The van der Waals surface area contributed by atoms with E-state index in [2.05, 4.69) is 15.1 Å². The molecule has 3 aromatic heterocycles. The number of fused-ring (bicyclic) bond motifs is 3. The van der Waals surface area contributed by atoms with Crippen molar-refractivity contribution in [2.24, 2.45) is 0 Å². The van der Waals surface area contributed by atoms with Crippen LogP contribution in [0.2, 0.25) is 5.02 Å². The molecule has 0 radical (unpaired) electrons. The summed E-state index contributed by atoms with van der Waals surface area (Å²) in [5.41, 5.74) is 1.42. The van der Waals surface area contributed by atoms with Crippen molar-refractivity contribution < 1.29 is 4.74 Å². The third-order valence-corrected chi connectivity index (χ3v) is 5.09. The number of hydrogen-bond acceptors (Lipinski definition) is 5. The largest absolute Gasteiger partial charge is 0.376 e. The standard InChI is InChI=1S/C19H16ClN5O2/c20-13-5-3-12(4-6-13)17-22-19-21-10-15-16(25(19)23-17)7-8-24(18(15)26)11-14-2-1-9-27-14/h3-8,10,14H,1-2,9,11H2/t14-/m0/s1. The quantitative estimate of drug-likeness (QED) is 0.545. The van der Waals surface area contributed by atoms with E-state index >= 15 is 0 Å². The molecule has 8 heteroatoms. The zero-order valence-corrected chi connectivity index (χ0v) is 15.1. The average Bonchev–Trinajstić information content (AvgIpc) is 3.34. The third-order valence-electron chi connectivity index (χ3n) is 4.83. The molecule has 0 bridgehead atoms. The highest BCUT2D eigenvalue weighted by Gasteiger charge is 2.18. The predicted molar refractivity (Wildman–Crippen MR) is 102 cm³/mol. The van der Waals surface area contributed by atoms with Gasteiger partial charge in [0.2, 0.25) is 0 Å². The molecule has 0 N–H and O–H groups in total. The molecule has 0 aliphatic carbocycles. The van der Waals surface area contributed by atoms with Crippen LogP contribution in [0.15, 0.2) is 47.5 Å². The summed E-state index contributed by atoms with van der Waals surface area (Å²) < 4.78 is 8.93. The lowest BCUT2D eigenvalue weighted by Crippen LogP contribution is -2.26. The minimum Gasteiger partial charge on any atom is -0.376 e. The minimum absolute atomic E-state index is 0.0963. The van der Waals surface area contributed by atoms with Crippen molar-refractivity contribution in [3.63, 3.8) is 0 Å². The van der Waals surface area contributed by atoms with Gasteiger partial charge in [0.25, 0.3) is 11.3 Å². The number of ether oxygens (including phenoxy) is 1. The van der Waals surface area contributed by atoms with E-state index in [1.807, 2.05) is 18.2 Å². The molecule has 4 heterocycles. The van der Waals surface area contributed by atoms with E-state index in [9.17, 15) is 4.79 Å². The van der Waals surface area contributed by atoms with Gasteiger partial charge in [0, 0.05) is 29.6 Å². The molecule has 1 aromatic carbocycles. The number of nitrogens with zero attached hydrogens (tertiary/aromatic N) is 5. The maximum atomic E-state index is 12.9. The summed E-state index contributed by atoms with van der Waals surface area (Å²) in [5, 5.41) is 5.70. The maximum Gasteiger partial charge on any atom is 0.261 e. The molecule has 0 unspecified atom stereocenters. The van der Waals surface area contributed by atoms with Crippen LogP contribution >= 0.6 is 11.6 Å². The topological polar surface area (TPSA) is 74.3 Å². The van der Waals surface area contributed by atoms with E-state index in [0.29, 0.717) is 34.1 Å². The molecule has 136 valence electrons. The molecule has 5 rings (SSSR count). The van der Waals surface area contributed by atoms with Crippen LogP contribution in [0.4, 0.5) is 0 Å². The number of aromatic nitrogens is 5. The van der Waals surface area contributed by atoms with Crippen LogP contribution in [0.1, 0.15) is 12.8 Å². The van der Waals surface area contributed by atoms with Gasteiger partial charge < -0.3 is 9.30 Å². The Balaban J connectivity index is 1.61. The highest BCUT2D eigenvalue weighted by atomic mass is 35.5. The van der Waals surface area contributed by atoms with Crippen LogP contribution in [0.5, 0.6) is 0 Å². The predicted octanol–water partition coefficient (Wildman–Crippen LogP) is 2.94. The molecule has 27 heavy (non-hydrogen) atoms. The zero-order chi connectivity index (χ0) is 18.4. The van der Waals surface area contributed by atoms with Crippen LogP contribution < -0.4 is 5.56 Å². The molecular weight excluding hydrogens is 366 g/mol. The summed E-state index contributed by atoms with van der Waals surface area (Å²) in [5.74, 6) is 0.985. The molecule has 1 atom stereocenters. The van der Waals surface area contributed by atoms with Gasteiger partial charge in [-0.15, -0.1) is 5.10 Å². The molecule has 0 amide bonds. The molecule has 7 nitrogen and oxygen atoms in total. The van der Waals surface area contributed by atoms with Crippen LogP contribution in [0.25, 0.3) is 28.1 Å². The molecule has 4 aromatic rings. The van der Waals surface area contributed by atoms with Crippen LogP contribution in [0.3, 0.4) is 0 Å². The second-order valence-electron chi connectivity index (χ2n) is 6.62. The smallest absolute Gasteiger partial charge is 0.261 e. The van der Waals surface area contributed by atoms with Gasteiger partial charge in [-0.2, -0.15) is 9.50 Å². The van der Waals surface area contributed by atoms with Crippen LogP contribution in [-0.2, 0) is 11.3 Å². The summed E-state index contributed by atoms with van der Waals surface area (Å²) in [6.45, 7) is 1.32. The van der Waals surface area contributed by atoms with Gasteiger partial charge in [-0.05, 0) is 43.2 Å². The Labute approximate surface area is 159 Å². The summed E-state index contributed by atoms with van der Waals surface area (Å²) in [4.78, 5) is 21.7. The van der Waals surface area contributed by atoms with Gasteiger partial charge in [-0.1, -0.05) is 11.6 Å². The summed E-state index contributed by atoms with van der Waals surface area (Å²) >= 11 is 5.94. The number of rotatable bonds is 3. The van der Waals surface area contributed by atoms with Gasteiger partial charge >= 0.3 is 0 Å². The first-order valence-corrected chi connectivity index (χ1v) is 9.19. The second-order valence-corrected chi connectivity index (χ2v) is 7.06. The number of benzene rings is 1. The summed E-state index contributed by atoms with van der Waals surface area (Å²) in [7, 11) is 0. The van der Waals surface area contributed by atoms with Gasteiger partial charge in [0.05, 0.1) is 23.6 Å². The van der Waals surface area contributed by atoms with Crippen molar-refractivity contribution in [3.8, 4) is 11.4 Å². The molecule has 1 saturated heterocycles. The van der Waals surface area contributed by atoms with Crippen LogP contribution in [-0.4, -0.2) is 36.9 Å². The van der Waals surface area contributed by atoms with Gasteiger partial charge in [0.15, 0.2) is 5.82 Å². The van der Waals surface area contributed by atoms with Crippen molar-refractivity contribution >= 4 is 28.3 Å². The fraction of sp³-hybridized carbons (Fsp3) is 0.263. The Morgan fingerprint density at radius 1 is 1.22 bits per heavy atom. The normalized spacial score (nSPS) is 17.1. The molecular formula is C19H16ClN5O2. The molecule has 0 spiro atoms. The minimum atomic E-state index is -0.0963. The molecule has 1 fully saturated rings. The molecule has 0 saturated carbocycles. The van der Waals surface area contributed by atoms with Crippen LogP contribution in [0, 0.1) is 0 Å². The number of hydrogen-bond donors (Lipinski definition) is 0. The van der Waals surface area contributed by atoms with Gasteiger partial charge in [0.1, 0.15) is 0 Å². The monoisotopic (exact) mass is 381 g/mol. The average molecular weight is 382 g/mol. The first-order chi connectivity index (χ1) is 13.2. The molecule has 1 aliphatic rings. The van der Waals surface area contributed by atoms with Crippen molar-refractivity contribution in [2.45, 2.75) is 25.5 Å². The highest BCUT2D eigenvalue weighted by molar-refractivity contribution is 6.30. The number of pyridine rings is 1. The van der Waals surface area contributed by atoms with Gasteiger partial charge in [-0.3, -0.25) is 4.79 Å². The maximum absolute atomic E-state index is 12.9. The van der Waals surface area contributed by atoms with Gasteiger partial charge in [-0.25, -0.2) is 4.98 Å². The van der Waals surface area contributed by atoms with E-state index in [4.69, 9.17) is 16.3 Å².